The number of esters is 3. The van der Waals surface area contributed by atoms with Gasteiger partial charge in [-0.2, -0.15) is 0 Å². The maximum atomic E-state index is 13.0. The van der Waals surface area contributed by atoms with Gasteiger partial charge in [0.1, 0.15) is 13.2 Å². The zero-order valence-corrected chi connectivity index (χ0v) is 54.9. The predicted octanol–water partition coefficient (Wildman–Crippen LogP) is 24.8. The van der Waals surface area contributed by atoms with Crippen molar-refractivity contribution in [2.45, 2.75) is 361 Å². The SMILES string of the molecule is CC/C=C\C/C=C\C/C=C\C/C=C\C/C=C\C/C=C\CCCCCCCCCCC(=O)OCC(COC(=O)CCCCCCC/C=C\CCCC)OC(=O)CCCCCCCCCCCCCCCCC/C=C\CCCCCCCCCC. The minimum absolute atomic E-state index is 0.0822. The van der Waals surface area contributed by atoms with E-state index < -0.39 is 6.10 Å². The number of hydrogen-bond acceptors (Lipinski definition) is 6. The molecule has 0 heterocycles. The lowest BCUT2D eigenvalue weighted by molar-refractivity contribution is -0.167. The number of ether oxygens (including phenoxy) is 3. The molecule has 0 aromatic carbocycles. The predicted molar refractivity (Wildman–Crippen MR) is 362 cm³/mol. The van der Waals surface area contributed by atoms with Crippen LogP contribution in [-0.2, 0) is 28.6 Å². The monoisotopic (exact) mass is 1160 g/mol. The Kier molecular flexibility index (Phi) is 67.7. The first kappa shape index (κ1) is 79.3. The second kappa shape index (κ2) is 70.8. The van der Waals surface area contributed by atoms with Gasteiger partial charge >= 0.3 is 17.9 Å². The normalized spacial score (nSPS) is 12.7. The van der Waals surface area contributed by atoms with Crippen molar-refractivity contribution in [3.05, 3.63) is 97.2 Å². The Morgan fingerprint density at radius 1 is 0.253 bits per heavy atom. The van der Waals surface area contributed by atoms with Crippen LogP contribution in [0.2, 0.25) is 0 Å². The molecule has 0 amide bonds. The Labute approximate surface area is 515 Å². The van der Waals surface area contributed by atoms with Crippen LogP contribution in [0.4, 0.5) is 0 Å². The summed E-state index contributed by atoms with van der Waals surface area (Å²) in [6.07, 6.45) is 95.9. The zero-order valence-electron chi connectivity index (χ0n) is 54.9. The van der Waals surface area contributed by atoms with Gasteiger partial charge in [-0.05, 0) is 116 Å². The van der Waals surface area contributed by atoms with Crippen molar-refractivity contribution >= 4 is 17.9 Å². The van der Waals surface area contributed by atoms with Crippen molar-refractivity contribution in [1.29, 1.82) is 0 Å². The molecular weight excluding hydrogens is 1020 g/mol. The molecule has 0 aromatic heterocycles. The van der Waals surface area contributed by atoms with Crippen LogP contribution >= 0.6 is 0 Å². The Bertz CT molecular complexity index is 1610. The van der Waals surface area contributed by atoms with Gasteiger partial charge in [-0.25, -0.2) is 0 Å². The van der Waals surface area contributed by atoms with E-state index >= 15 is 0 Å². The van der Waals surface area contributed by atoms with Gasteiger partial charge < -0.3 is 14.2 Å². The molecule has 0 N–H and O–H groups in total. The van der Waals surface area contributed by atoms with Crippen LogP contribution in [-0.4, -0.2) is 37.2 Å². The summed E-state index contributed by atoms with van der Waals surface area (Å²) in [5.74, 6) is -0.885. The van der Waals surface area contributed by atoms with Gasteiger partial charge in [-0.3, -0.25) is 14.4 Å². The molecule has 0 aliphatic carbocycles. The molecule has 0 spiro atoms. The van der Waals surface area contributed by atoms with Crippen molar-refractivity contribution in [2.75, 3.05) is 13.2 Å². The fraction of sp³-hybridized carbons (Fsp3) is 0.753. The van der Waals surface area contributed by atoms with Crippen LogP contribution in [0, 0.1) is 0 Å². The third kappa shape index (κ3) is 69.0. The molecule has 1 atom stereocenters. The molecule has 0 rings (SSSR count). The molecule has 0 aliphatic heterocycles. The number of carbonyl (C=O) groups excluding carboxylic acids is 3. The summed E-state index contributed by atoms with van der Waals surface area (Å²) < 4.78 is 17.0. The van der Waals surface area contributed by atoms with Crippen LogP contribution in [0.25, 0.3) is 0 Å². The summed E-state index contributed by atoms with van der Waals surface area (Å²) >= 11 is 0. The number of allylic oxidation sites excluding steroid dienone is 16. The number of unbranched alkanes of at least 4 members (excludes halogenated alkanes) is 38. The molecule has 83 heavy (non-hydrogen) atoms. The summed E-state index contributed by atoms with van der Waals surface area (Å²) in [5, 5.41) is 0. The van der Waals surface area contributed by atoms with Crippen LogP contribution < -0.4 is 0 Å². The van der Waals surface area contributed by atoms with Crippen molar-refractivity contribution in [1.82, 2.24) is 0 Å². The van der Waals surface area contributed by atoms with Crippen molar-refractivity contribution in [2.24, 2.45) is 0 Å². The van der Waals surface area contributed by atoms with E-state index in [2.05, 4.69) is 118 Å². The second-order valence-electron chi connectivity index (χ2n) is 23.8. The minimum Gasteiger partial charge on any atom is -0.462 e. The maximum Gasteiger partial charge on any atom is 0.306 e. The number of rotatable bonds is 65. The molecule has 0 saturated carbocycles. The quantitative estimate of drug-likeness (QED) is 0.0261. The Hall–Kier alpha value is -3.67. The third-order valence-electron chi connectivity index (χ3n) is 15.5. The van der Waals surface area contributed by atoms with E-state index in [9.17, 15) is 14.4 Å². The lowest BCUT2D eigenvalue weighted by Crippen LogP contribution is -2.30. The lowest BCUT2D eigenvalue weighted by Gasteiger charge is -2.18. The first-order chi connectivity index (χ1) is 41.0. The Morgan fingerprint density at radius 2 is 0.482 bits per heavy atom. The third-order valence-corrected chi connectivity index (χ3v) is 15.5. The number of carbonyl (C=O) groups is 3. The molecule has 0 fully saturated rings. The number of hydrogen-bond donors (Lipinski definition) is 0. The average Bonchev–Trinajstić information content (AvgIpc) is 3.48. The van der Waals surface area contributed by atoms with Crippen molar-refractivity contribution in [3.63, 3.8) is 0 Å². The fourth-order valence-electron chi connectivity index (χ4n) is 10.2. The molecule has 0 saturated heterocycles. The van der Waals surface area contributed by atoms with E-state index in [1.54, 1.807) is 0 Å². The molecular formula is C77H134O6. The highest BCUT2D eigenvalue weighted by atomic mass is 16.6. The Morgan fingerprint density at radius 3 is 0.783 bits per heavy atom. The van der Waals surface area contributed by atoms with E-state index in [4.69, 9.17) is 14.2 Å². The Balaban J connectivity index is 4.23. The highest BCUT2D eigenvalue weighted by Crippen LogP contribution is 2.17. The zero-order chi connectivity index (χ0) is 59.9. The first-order valence-corrected chi connectivity index (χ1v) is 35.7. The molecule has 0 radical (unpaired) electrons. The summed E-state index contributed by atoms with van der Waals surface area (Å²) in [5.41, 5.74) is 0. The second-order valence-corrected chi connectivity index (χ2v) is 23.8. The average molecular weight is 1160 g/mol. The fourth-order valence-corrected chi connectivity index (χ4v) is 10.2. The van der Waals surface area contributed by atoms with E-state index in [1.165, 1.54) is 205 Å². The molecule has 6 heteroatoms. The molecule has 6 nitrogen and oxygen atoms in total. The largest absolute Gasteiger partial charge is 0.462 e. The maximum absolute atomic E-state index is 13.0. The lowest BCUT2D eigenvalue weighted by atomic mass is 10.0. The highest BCUT2D eigenvalue weighted by Gasteiger charge is 2.19. The topological polar surface area (TPSA) is 78.9 Å². The van der Waals surface area contributed by atoms with Crippen LogP contribution in [0.1, 0.15) is 355 Å². The smallest absolute Gasteiger partial charge is 0.306 e. The highest BCUT2D eigenvalue weighted by molar-refractivity contribution is 5.71. The minimum atomic E-state index is -0.785. The molecule has 1 unspecified atom stereocenters. The van der Waals surface area contributed by atoms with Crippen LogP contribution in [0.5, 0.6) is 0 Å². The first-order valence-electron chi connectivity index (χ1n) is 35.7. The molecule has 478 valence electrons. The van der Waals surface area contributed by atoms with E-state index in [0.29, 0.717) is 19.3 Å². The van der Waals surface area contributed by atoms with E-state index in [-0.39, 0.29) is 31.1 Å². The van der Waals surface area contributed by atoms with Gasteiger partial charge in [0.2, 0.25) is 0 Å². The van der Waals surface area contributed by atoms with Crippen LogP contribution in [0.3, 0.4) is 0 Å². The van der Waals surface area contributed by atoms with Gasteiger partial charge in [-0.15, -0.1) is 0 Å². The summed E-state index contributed by atoms with van der Waals surface area (Å²) in [7, 11) is 0. The van der Waals surface area contributed by atoms with Gasteiger partial charge in [0.15, 0.2) is 6.10 Å². The van der Waals surface area contributed by atoms with Gasteiger partial charge in [0.25, 0.3) is 0 Å². The van der Waals surface area contributed by atoms with Crippen molar-refractivity contribution < 1.29 is 28.6 Å². The van der Waals surface area contributed by atoms with E-state index in [1.807, 2.05) is 0 Å². The molecule has 0 bridgehead atoms. The summed E-state index contributed by atoms with van der Waals surface area (Å²) in [6, 6.07) is 0. The van der Waals surface area contributed by atoms with Crippen LogP contribution in [0.15, 0.2) is 97.2 Å². The standard InChI is InChI=1S/C77H134O6/c1-4-7-10-13-16-19-22-24-26-28-30-32-34-36-38-40-42-44-46-48-50-52-55-58-61-64-67-70-76(79)82-73-74(72-81-75(78)69-66-63-60-57-54-21-18-15-12-9-6-3)83-77(80)71-68-65-62-59-56-53-51-49-47-45-43-41-39-37-35-33-31-29-27-25-23-20-17-14-11-8-5-2/h7,10,15-16,18-19,24,26,29-32,36,38,42,44,74H,4-6,8-9,11-14,17,20-23,25,27-28,33-35,37,39-41,43,45-73H2,1-3H3/b10-7-,18-15-,19-16-,26-24-,31-29-,32-30-,38-36-,44-42-. The molecule has 0 aliphatic rings. The van der Waals surface area contributed by atoms with Crippen molar-refractivity contribution in [3.8, 4) is 0 Å². The summed E-state index contributed by atoms with van der Waals surface area (Å²) in [6.45, 7) is 6.51. The van der Waals surface area contributed by atoms with E-state index in [0.717, 1.165) is 109 Å². The van der Waals surface area contributed by atoms with Gasteiger partial charge in [0.05, 0.1) is 0 Å². The molecule has 0 aromatic rings. The summed E-state index contributed by atoms with van der Waals surface area (Å²) in [4.78, 5) is 38.4. The van der Waals surface area contributed by atoms with Gasteiger partial charge in [0, 0.05) is 19.3 Å². The van der Waals surface area contributed by atoms with Gasteiger partial charge in [-0.1, -0.05) is 317 Å².